The van der Waals surface area contributed by atoms with E-state index in [-0.39, 0.29) is 0 Å². The van der Waals surface area contributed by atoms with E-state index in [9.17, 15) is 0 Å². The molecule has 0 heterocycles. The van der Waals surface area contributed by atoms with E-state index in [1.165, 1.54) is 24.0 Å². The summed E-state index contributed by atoms with van der Waals surface area (Å²) in [5.41, 5.74) is 9.56. The lowest BCUT2D eigenvalue weighted by Gasteiger charge is -2.10. The van der Waals surface area contributed by atoms with Gasteiger partial charge in [0.1, 0.15) is 0 Å². The first kappa shape index (κ1) is 8.57. The number of nitrogen functional groups attached to an aromatic ring is 1. The van der Waals surface area contributed by atoms with Gasteiger partial charge in [-0.3, -0.25) is 0 Å². The number of anilines is 1. The molecule has 1 aromatic carbocycles. The highest BCUT2D eigenvalue weighted by atomic mass is 14.8. The quantitative estimate of drug-likeness (QED) is 0.670. The Morgan fingerprint density at radius 3 is 3.15 bits per heavy atom. The van der Waals surface area contributed by atoms with Gasteiger partial charge in [-0.1, -0.05) is 6.07 Å². The van der Waals surface area contributed by atoms with E-state index in [0.29, 0.717) is 5.92 Å². The van der Waals surface area contributed by atoms with Crippen LogP contribution in [0.25, 0.3) is 0 Å². The molecule has 3 N–H and O–H groups in total. The minimum Gasteiger partial charge on any atom is -0.399 e. The van der Waals surface area contributed by atoms with Crippen molar-refractivity contribution >= 4 is 5.69 Å². The van der Waals surface area contributed by atoms with Crippen molar-refractivity contribution in [3.05, 3.63) is 29.3 Å². The van der Waals surface area contributed by atoms with Crippen molar-refractivity contribution in [3.8, 4) is 0 Å². The Hall–Kier alpha value is -1.02. The summed E-state index contributed by atoms with van der Waals surface area (Å²) >= 11 is 0. The predicted molar refractivity (Wildman–Crippen MR) is 55.8 cm³/mol. The lowest BCUT2D eigenvalue weighted by molar-refractivity contribution is 0.623. The van der Waals surface area contributed by atoms with Gasteiger partial charge in [0.05, 0.1) is 0 Å². The number of rotatable bonds is 2. The Morgan fingerprint density at radius 1 is 1.54 bits per heavy atom. The zero-order chi connectivity index (χ0) is 9.26. The van der Waals surface area contributed by atoms with Crippen molar-refractivity contribution in [1.29, 1.82) is 0 Å². The molecule has 2 rings (SSSR count). The van der Waals surface area contributed by atoms with Crippen LogP contribution >= 0.6 is 0 Å². The van der Waals surface area contributed by atoms with Crippen LogP contribution in [0.15, 0.2) is 18.2 Å². The molecular formula is C11H16N2. The molecule has 13 heavy (non-hydrogen) atoms. The molecule has 0 bridgehead atoms. The monoisotopic (exact) mass is 176 g/mol. The molecule has 1 aliphatic carbocycles. The number of nitrogens with one attached hydrogen (secondary N) is 1. The topological polar surface area (TPSA) is 38.0 Å². The summed E-state index contributed by atoms with van der Waals surface area (Å²) in [6.07, 6.45) is 2.45. The molecule has 1 atom stereocenters. The van der Waals surface area contributed by atoms with Crippen molar-refractivity contribution < 1.29 is 0 Å². The van der Waals surface area contributed by atoms with Gasteiger partial charge in [-0.25, -0.2) is 0 Å². The third-order valence-corrected chi connectivity index (χ3v) is 2.82. The van der Waals surface area contributed by atoms with Crippen molar-refractivity contribution in [2.75, 3.05) is 19.3 Å². The normalized spacial score (nSPS) is 20.2. The molecule has 0 fully saturated rings. The van der Waals surface area contributed by atoms with Gasteiger partial charge in [0.15, 0.2) is 0 Å². The minimum atomic E-state index is 0.695. The summed E-state index contributed by atoms with van der Waals surface area (Å²) < 4.78 is 0. The van der Waals surface area contributed by atoms with Crippen LogP contribution in [-0.2, 0) is 6.42 Å². The molecule has 0 saturated carbocycles. The highest BCUT2D eigenvalue weighted by molar-refractivity contribution is 5.48. The van der Waals surface area contributed by atoms with Crippen LogP contribution in [0.4, 0.5) is 5.69 Å². The van der Waals surface area contributed by atoms with E-state index in [0.717, 1.165) is 12.2 Å². The number of fused-ring (bicyclic) bond motifs is 1. The molecule has 1 aliphatic rings. The maximum atomic E-state index is 5.73. The minimum absolute atomic E-state index is 0.695. The number of hydrogen-bond donors (Lipinski definition) is 2. The molecule has 2 nitrogen and oxygen atoms in total. The highest BCUT2D eigenvalue weighted by Crippen LogP contribution is 2.33. The van der Waals surface area contributed by atoms with Crippen LogP contribution in [0.1, 0.15) is 23.5 Å². The summed E-state index contributed by atoms with van der Waals surface area (Å²) in [4.78, 5) is 0. The van der Waals surface area contributed by atoms with Crippen LogP contribution in [0.3, 0.4) is 0 Å². The first-order chi connectivity index (χ1) is 6.31. The summed E-state index contributed by atoms with van der Waals surface area (Å²) in [6, 6.07) is 6.30. The second-order valence-electron chi connectivity index (χ2n) is 3.75. The molecule has 1 unspecified atom stereocenters. The van der Waals surface area contributed by atoms with Gasteiger partial charge < -0.3 is 11.1 Å². The fourth-order valence-electron chi connectivity index (χ4n) is 2.18. The first-order valence-electron chi connectivity index (χ1n) is 4.84. The van der Waals surface area contributed by atoms with E-state index >= 15 is 0 Å². The Morgan fingerprint density at radius 2 is 2.38 bits per heavy atom. The van der Waals surface area contributed by atoms with E-state index < -0.39 is 0 Å². The Balaban J connectivity index is 2.27. The van der Waals surface area contributed by atoms with Crippen LogP contribution in [0.2, 0.25) is 0 Å². The van der Waals surface area contributed by atoms with E-state index in [1.54, 1.807) is 0 Å². The van der Waals surface area contributed by atoms with Gasteiger partial charge in [0.2, 0.25) is 0 Å². The predicted octanol–water partition coefficient (Wildman–Crippen LogP) is 1.52. The average molecular weight is 176 g/mol. The standard InChI is InChI=1S/C11H16N2/c1-13-7-9-3-2-8-6-10(12)4-5-11(8)9/h4-6,9,13H,2-3,7,12H2,1H3. The molecular weight excluding hydrogens is 160 g/mol. The van der Waals surface area contributed by atoms with Gasteiger partial charge in [-0.2, -0.15) is 0 Å². The Kier molecular flexibility index (Phi) is 2.23. The second kappa shape index (κ2) is 3.38. The van der Waals surface area contributed by atoms with E-state index in [1.807, 2.05) is 13.1 Å². The molecule has 70 valence electrons. The zero-order valence-corrected chi connectivity index (χ0v) is 8.01. The van der Waals surface area contributed by atoms with Gasteiger partial charge in [0, 0.05) is 12.2 Å². The van der Waals surface area contributed by atoms with Gasteiger partial charge in [0.25, 0.3) is 0 Å². The van der Waals surface area contributed by atoms with Crippen LogP contribution < -0.4 is 11.1 Å². The molecule has 0 spiro atoms. The molecule has 0 radical (unpaired) electrons. The molecule has 0 aromatic heterocycles. The van der Waals surface area contributed by atoms with Crippen molar-refractivity contribution in [2.45, 2.75) is 18.8 Å². The molecule has 0 saturated heterocycles. The average Bonchev–Trinajstić information content (AvgIpc) is 2.49. The number of hydrogen-bond acceptors (Lipinski definition) is 2. The van der Waals surface area contributed by atoms with E-state index in [2.05, 4.69) is 17.4 Å². The van der Waals surface area contributed by atoms with Crippen molar-refractivity contribution in [3.63, 3.8) is 0 Å². The number of likely N-dealkylation sites (N-methyl/N-ethyl adjacent to an activating group) is 1. The van der Waals surface area contributed by atoms with Crippen molar-refractivity contribution in [2.24, 2.45) is 0 Å². The van der Waals surface area contributed by atoms with E-state index in [4.69, 9.17) is 5.73 Å². The van der Waals surface area contributed by atoms with Gasteiger partial charge in [-0.05, 0) is 49.1 Å². The maximum Gasteiger partial charge on any atom is 0.0316 e. The summed E-state index contributed by atoms with van der Waals surface area (Å²) in [7, 11) is 2.01. The fraction of sp³-hybridized carbons (Fsp3) is 0.455. The molecule has 0 amide bonds. The summed E-state index contributed by atoms with van der Waals surface area (Å²) in [5.74, 6) is 0.695. The highest BCUT2D eigenvalue weighted by Gasteiger charge is 2.21. The van der Waals surface area contributed by atoms with Gasteiger partial charge in [-0.15, -0.1) is 0 Å². The second-order valence-corrected chi connectivity index (χ2v) is 3.75. The van der Waals surface area contributed by atoms with Crippen LogP contribution in [-0.4, -0.2) is 13.6 Å². The number of aryl methyl sites for hydroxylation is 1. The largest absolute Gasteiger partial charge is 0.399 e. The molecule has 0 aliphatic heterocycles. The van der Waals surface area contributed by atoms with Gasteiger partial charge >= 0.3 is 0 Å². The van der Waals surface area contributed by atoms with Crippen LogP contribution in [0.5, 0.6) is 0 Å². The third kappa shape index (κ3) is 1.54. The Bertz CT molecular complexity index is 307. The fourth-order valence-corrected chi connectivity index (χ4v) is 2.18. The Labute approximate surface area is 79.1 Å². The molecule has 2 heteroatoms. The summed E-state index contributed by atoms with van der Waals surface area (Å²) in [5, 5.41) is 3.23. The zero-order valence-electron chi connectivity index (χ0n) is 8.01. The lowest BCUT2D eigenvalue weighted by atomic mass is 10.0. The number of nitrogens with two attached hydrogens (primary N) is 1. The SMILES string of the molecule is CNCC1CCc2cc(N)ccc21. The van der Waals surface area contributed by atoms with Crippen molar-refractivity contribution in [1.82, 2.24) is 5.32 Å². The summed E-state index contributed by atoms with van der Waals surface area (Å²) in [6.45, 7) is 1.08. The smallest absolute Gasteiger partial charge is 0.0316 e. The van der Waals surface area contributed by atoms with Crippen LogP contribution in [0, 0.1) is 0 Å². The third-order valence-electron chi connectivity index (χ3n) is 2.82. The molecule has 1 aromatic rings. The first-order valence-corrected chi connectivity index (χ1v) is 4.84. The maximum absolute atomic E-state index is 5.73. The lowest BCUT2D eigenvalue weighted by Crippen LogP contribution is -2.15. The number of benzene rings is 1.